The van der Waals surface area contributed by atoms with E-state index in [1.807, 2.05) is 6.07 Å². The van der Waals surface area contributed by atoms with Crippen LogP contribution < -0.4 is 14.8 Å². The second-order valence-corrected chi connectivity index (χ2v) is 6.11. The van der Waals surface area contributed by atoms with Crippen molar-refractivity contribution in [3.63, 3.8) is 0 Å². The van der Waals surface area contributed by atoms with Crippen LogP contribution in [0.4, 0.5) is 0 Å². The molecule has 0 saturated heterocycles. The van der Waals surface area contributed by atoms with E-state index < -0.39 is 0 Å². The summed E-state index contributed by atoms with van der Waals surface area (Å²) >= 11 is 1.77. The monoisotopic (exact) mass is 288 g/mol. The SMILES string of the molecule is c1cc2c(cc1-c1nc3c(s1)CNCC3)OCCCO2. The Kier molecular flexibility index (Phi) is 3.09. The molecular formula is C15H16N2O2S. The van der Waals surface area contributed by atoms with Crippen molar-refractivity contribution < 1.29 is 9.47 Å². The van der Waals surface area contributed by atoms with E-state index in [1.165, 1.54) is 10.6 Å². The second-order valence-electron chi connectivity index (χ2n) is 5.03. The number of hydrogen-bond donors (Lipinski definition) is 1. The Balaban J connectivity index is 1.71. The number of nitrogens with one attached hydrogen (secondary N) is 1. The third kappa shape index (κ3) is 2.17. The normalized spacial score (nSPS) is 17.4. The molecule has 0 spiro atoms. The molecule has 0 unspecified atom stereocenters. The number of rotatable bonds is 1. The summed E-state index contributed by atoms with van der Waals surface area (Å²) in [6.45, 7) is 3.41. The Bertz CT molecular complexity index is 615. The van der Waals surface area contributed by atoms with Gasteiger partial charge in [-0.15, -0.1) is 11.3 Å². The third-order valence-electron chi connectivity index (χ3n) is 3.60. The van der Waals surface area contributed by atoms with Crippen LogP contribution in [-0.4, -0.2) is 24.7 Å². The first-order chi connectivity index (χ1) is 9.90. The lowest BCUT2D eigenvalue weighted by molar-refractivity contribution is 0.297. The highest BCUT2D eigenvalue weighted by atomic mass is 32.1. The van der Waals surface area contributed by atoms with Crippen LogP contribution in [-0.2, 0) is 13.0 Å². The summed E-state index contributed by atoms with van der Waals surface area (Å²) in [5.41, 5.74) is 2.37. The van der Waals surface area contributed by atoms with Gasteiger partial charge in [0.05, 0.1) is 18.9 Å². The zero-order valence-corrected chi connectivity index (χ0v) is 12.0. The minimum atomic E-state index is 0.717. The van der Waals surface area contributed by atoms with Crippen LogP contribution in [0.5, 0.6) is 11.5 Å². The maximum atomic E-state index is 5.75. The molecule has 5 heteroatoms. The van der Waals surface area contributed by atoms with Crippen LogP contribution in [0.1, 0.15) is 17.0 Å². The quantitative estimate of drug-likeness (QED) is 0.876. The molecule has 0 amide bonds. The third-order valence-corrected chi connectivity index (χ3v) is 4.74. The zero-order valence-electron chi connectivity index (χ0n) is 11.1. The number of fused-ring (bicyclic) bond motifs is 2. The zero-order chi connectivity index (χ0) is 13.4. The van der Waals surface area contributed by atoms with E-state index in [0.29, 0.717) is 0 Å². The van der Waals surface area contributed by atoms with Crippen LogP contribution >= 0.6 is 11.3 Å². The topological polar surface area (TPSA) is 43.4 Å². The first-order valence-corrected chi connectivity index (χ1v) is 7.81. The van der Waals surface area contributed by atoms with Crippen LogP contribution in [0.15, 0.2) is 18.2 Å². The lowest BCUT2D eigenvalue weighted by Crippen LogP contribution is -2.22. The second kappa shape index (κ2) is 5.07. The van der Waals surface area contributed by atoms with Crippen molar-refractivity contribution in [3.05, 3.63) is 28.8 Å². The van der Waals surface area contributed by atoms with Gasteiger partial charge in [0.25, 0.3) is 0 Å². The predicted molar refractivity (Wildman–Crippen MR) is 78.6 cm³/mol. The van der Waals surface area contributed by atoms with Crippen molar-refractivity contribution in [2.24, 2.45) is 0 Å². The number of aromatic nitrogens is 1. The molecule has 4 rings (SSSR count). The molecule has 0 radical (unpaired) electrons. The van der Waals surface area contributed by atoms with Gasteiger partial charge in [-0.25, -0.2) is 4.98 Å². The molecule has 1 aromatic heterocycles. The van der Waals surface area contributed by atoms with Gasteiger partial charge in [0.15, 0.2) is 11.5 Å². The fourth-order valence-corrected chi connectivity index (χ4v) is 3.62. The molecule has 2 aliphatic heterocycles. The fraction of sp³-hybridized carbons (Fsp3) is 0.400. The number of hydrogen-bond acceptors (Lipinski definition) is 5. The maximum Gasteiger partial charge on any atom is 0.161 e. The average Bonchev–Trinajstić information content (AvgIpc) is 2.78. The molecule has 0 aliphatic carbocycles. The first kappa shape index (κ1) is 12.2. The van der Waals surface area contributed by atoms with Gasteiger partial charge in [-0.1, -0.05) is 0 Å². The van der Waals surface area contributed by atoms with Gasteiger partial charge in [0.1, 0.15) is 5.01 Å². The van der Waals surface area contributed by atoms with E-state index in [2.05, 4.69) is 17.4 Å². The van der Waals surface area contributed by atoms with Gasteiger partial charge in [-0.05, 0) is 18.2 Å². The Morgan fingerprint density at radius 2 is 2.05 bits per heavy atom. The number of nitrogens with zero attached hydrogens (tertiary/aromatic N) is 1. The molecular weight excluding hydrogens is 272 g/mol. The molecule has 3 heterocycles. The van der Waals surface area contributed by atoms with E-state index in [-0.39, 0.29) is 0 Å². The summed E-state index contributed by atoms with van der Waals surface area (Å²) in [6, 6.07) is 6.12. The average molecular weight is 288 g/mol. The van der Waals surface area contributed by atoms with Crippen LogP contribution in [0.25, 0.3) is 10.6 Å². The Morgan fingerprint density at radius 1 is 1.15 bits per heavy atom. The molecule has 20 heavy (non-hydrogen) atoms. The summed E-state index contributed by atoms with van der Waals surface area (Å²) in [4.78, 5) is 6.14. The van der Waals surface area contributed by atoms with E-state index in [4.69, 9.17) is 14.5 Å². The molecule has 1 aromatic carbocycles. The summed E-state index contributed by atoms with van der Waals surface area (Å²) < 4.78 is 11.4. The van der Waals surface area contributed by atoms with Gasteiger partial charge in [-0.2, -0.15) is 0 Å². The molecule has 0 fully saturated rings. The molecule has 2 aliphatic rings. The summed E-state index contributed by atoms with van der Waals surface area (Å²) in [6.07, 6.45) is 1.96. The first-order valence-electron chi connectivity index (χ1n) is 6.99. The lowest BCUT2D eigenvalue weighted by atomic mass is 10.2. The summed E-state index contributed by atoms with van der Waals surface area (Å²) in [5, 5.41) is 4.47. The number of ether oxygens (including phenoxy) is 2. The smallest absolute Gasteiger partial charge is 0.161 e. The number of thiazole rings is 1. The van der Waals surface area contributed by atoms with E-state index >= 15 is 0 Å². The minimum absolute atomic E-state index is 0.717. The van der Waals surface area contributed by atoms with Crippen molar-refractivity contribution in [1.82, 2.24) is 10.3 Å². The van der Waals surface area contributed by atoms with E-state index in [9.17, 15) is 0 Å². The lowest BCUT2D eigenvalue weighted by Gasteiger charge is -2.09. The van der Waals surface area contributed by atoms with Crippen molar-refractivity contribution >= 4 is 11.3 Å². The highest BCUT2D eigenvalue weighted by molar-refractivity contribution is 7.15. The molecule has 4 nitrogen and oxygen atoms in total. The summed E-state index contributed by atoms with van der Waals surface area (Å²) in [7, 11) is 0. The van der Waals surface area contributed by atoms with E-state index in [0.717, 1.165) is 61.2 Å². The van der Waals surface area contributed by atoms with Crippen molar-refractivity contribution in [2.75, 3.05) is 19.8 Å². The van der Waals surface area contributed by atoms with Gasteiger partial charge in [0.2, 0.25) is 0 Å². The highest BCUT2D eigenvalue weighted by Gasteiger charge is 2.17. The molecule has 1 N–H and O–H groups in total. The minimum Gasteiger partial charge on any atom is -0.490 e. The van der Waals surface area contributed by atoms with Crippen molar-refractivity contribution in [3.8, 4) is 22.1 Å². The standard InChI is InChI=1S/C15H16N2O2S/c1-6-18-12-3-2-10(8-13(12)19-7-1)15-17-11-4-5-16-9-14(11)20-15/h2-3,8,16H,1,4-7,9H2. The van der Waals surface area contributed by atoms with Crippen molar-refractivity contribution in [2.45, 2.75) is 19.4 Å². The molecule has 0 saturated carbocycles. The molecule has 0 bridgehead atoms. The van der Waals surface area contributed by atoms with Gasteiger partial charge in [0, 0.05) is 36.4 Å². The van der Waals surface area contributed by atoms with Gasteiger partial charge in [-0.3, -0.25) is 0 Å². The van der Waals surface area contributed by atoms with Gasteiger partial charge < -0.3 is 14.8 Å². The van der Waals surface area contributed by atoms with Crippen LogP contribution in [0.2, 0.25) is 0 Å². The molecule has 0 atom stereocenters. The maximum absolute atomic E-state index is 5.75. The number of benzene rings is 1. The van der Waals surface area contributed by atoms with Gasteiger partial charge >= 0.3 is 0 Å². The van der Waals surface area contributed by atoms with E-state index in [1.54, 1.807) is 11.3 Å². The Hall–Kier alpha value is -1.59. The Morgan fingerprint density at radius 3 is 2.95 bits per heavy atom. The van der Waals surface area contributed by atoms with Crippen molar-refractivity contribution in [1.29, 1.82) is 0 Å². The summed E-state index contributed by atoms with van der Waals surface area (Å²) in [5.74, 6) is 1.68. The fourth-order valence-electron chi connectivity index (χ4n) is 2.55. The largest absolute Gasteiger partial charge is 0.490 e. The predicted octanol–water partition coefficient (Wildman–Crippen LogP) is 2.62. The molecule has 104 valence electrons. The van der Waals surface area contributed by atoms with Crippen LogP contribution in [0, 0.1) is 0 Å². The Labute approximate surface area is 121 Å². The highest BCUT2D eigenvalue weighted by Crippen LogP contribution is 2.36. The molecule has 2 aromatic rings. The van der Waals surface area contributed by atoms with Crippen LogP contribution in [0.3, 0.4) is 0 Å².